The molecule has 1 atom stereocenters. The van der Waals surface area contributed by atoms with E-state index in [1.165, 1.54) is 12.0 Å². The minimum Gasteiger partial charge on any atom is -0.469 e. The van der Waals surface area contributed by atoms with Crippen LogP contribution in [-0.4, -0.2) is 19.6 Å². The van der Waals surface area contributed by atoms with Gasteiger partial charge in [0.25, 0.3) is 0 Å². The summed E-state index contributed by atoms with van der Waals surface area (Å²) in [4.78, 5) is 12.6. The monoisotopic (exact) mass is 255 g/mol. The van der Waals surface area contributed by atoms with E-state index in [1.54, 1.807) is 11.3 Å². The number of rotatable bonds is 7. The van der Waals surface area contributed by atoms with Crippen LogP contribution in [0.4, 0.5) is 0 Å². The van der Waals surface area contributed by atoms with Crippen LogP contribution in [0.25, 0.3) is 0 Å². The smallest absolute Gasteiger partial charge is 0.307 e. The highest BCUT2D eigenvalue weighted by Gasteiger charge is 2.16. The Balaban J connectivity index is 2.51. The molecule has 0 spiro atoms. The Labute approximate surface area is 107 Å². The van der Waals surface area contributed by atoms with Crippen molar-refractivity contribution >= 4 is 17.3 Å². The van der Waals surface area contributed by atoms with E-state index in [2.05, 4.69) is 25.2 Å². The molecule has 0 aliphatic rings. The standard InChI is InChI=1S/C13H21NO2S/c1-10(2)6-7-14-11(9-13(15)16-3)12-5-4-8-17-12/h4-5,8,10-11,14H,6-7,9H2,1-3H3. The molecule has 1 aromatic rings. The van der Waals surface area contributed by atoms with Crippen LogP contribution in [-0.2, 0) is 9.53 Å². The van der Waals surface area contributed by atoms with Crippen LogP contribution in [0.15, 0.2) is 17.5 Å². The number of ether oxygens (including phenoxy) is 1. The topological polar surface area (TPSA) is 38.3 Å². The Morgan fingerprint density at radius 1 is 1.53 bits per heavy atom. The molecule has 1 aromatic heterocycles. The van der Waals surface area contributed by atoms with Gasteiger partial charge in [0.2, 0.25) is 0 Å². The molecule has 3 nitrogen and oxygen atoms in total. The number of hydrogen-bond acceptors (Lipinski definition) is 4. The highest BCUT2D eigenvalue weighted by atomic mass is 32.1. The maximum absolute atomic E-state index is 11.4. The zero-order valence-electron chi connectivity index (χ0n) is 10.7. The lowest BCUT2D eigenvalue weighted by atomic mass is 10.1. The van der Waals surface area contributed by atoms with Crippen LogP contribution in [0, 0.1) is 5.92 Å². The number of thiophene rings is 1. The second kappa shape index (κ2) is 7.45. The van der Waals surface area contributed by atoms with E-state index in [0.717, 1.165) is 13.0 Å². The summed E-state index contributed by atoms with van der Waals surface area (Å²) in [6, 6.07) is 4.15. The molecule has 96 valence electrons. The van der Waals surface area contributed by atoms with E-state index in [1.807, 2.05) is 11.4 Å². The Bertz CT molecular complexity index is 322. The fourth-order valence-electron chi connectivity index (χ4n) is 1.56. The summed E-state index contributed by atoms with van der Waals surface area (Å²) in [7, 11) is 1.43. The van der Waals surface area contributed by atoms with Crippen LogP contribution in [0.1, 0.15) is 37.6 Å². The third-order valence-electron chi connectivity index (χ3n) is 2.60. The van der Waals surface area contributed by atoms with Crippen molar-refractivity contribution in [1.82, 2.24) is 5.32 Å². The molecule has 1 heterocycles. The van der Waals surface area contributed by atoms with Gasteiger partial charge in [0.15, 0.2) is 0 Å². The average Bonchev–Trinajstić information content (AvgIpc) is 2.80. The van der Waals surface area contributed by atoms with Gasteiger partial charge in [-0.05, 0) is 30.3 Å². The summed E-state index contributed by atoms with van der Waals surface area (Å²) in [6.07, 6.45) is 1.51. The van der Waals surface area contributed by atoms with Crippen molar-refractivity contribution in [3.8, 4) is 0 Å². The molecule has 0 fully saturated rings. The normalized spacial score (nSPS) is 12.7. The van der Waals surface area contributed by atoms with Crippen LogP contribution >= 0.6 is 11.3 Å². The average molecular weight is 255 g/mol. The molecule has 0 aliphatic heterocycles. The molecular weight excluding hydrogens is 234 g/mol. The first-order chi connectivity index (χ1) is 8.13. The van der Waals surface area contributed by atoms with Gasteiger partial charge in [0.1, 0.15) is 0 Å². The number of carbonyl (C=O) groups excluding carboxylic acids is 1. The molecule has 0 radical (unpaired) electrons. The SMILES string of the molecule is COC(=O)CC(NCCC(C)C)c1cccs1. The quantitative estimate of drug-likeness (QED) is 0.761. The summed E-state index contributed by atoms with van der Waals surface area (Å²) in [5.74, 6) is 0.505. The Morgan fingerprint density at radius 2 is 2.29 bits per heavy atom. The van der Waals surface area contributed by atoms with Crippen molar-refractivity contribution in [2.45, 2.75) is 32.7 Å². The van der Waals surface area contributed by atoms with Crippen molar-refractivity contribution in [2.75, 3.05) is 13.7 Å². The predicted octanol–water partition coefficient (Wildman–Crippen LogP) is 2.99. The third-order valence-corrected chi connectivity index (χ3v) is 3.58. The number of nitrogens with one attached hydrogen (secondary N) is 1. The number of methoxy groups -OCH3 is 1. The van der Waals surface area contributed by atoms with Gasteiger partial charge in [-0.3, -0.25) is 4.79 Å². The molecule has 0 amide bonds. The molecular formula is C13H21NO2S. The van der Waals surface area contributed by atoms with Gasteiger partial charge in [0.05, 0.1) is 19.6 Å². The van der Waals surface area contributed by atoms with E-state index < -0.39 is 0 Å². The van der Waals surface area contributed by atoms with Crippen molar-refractivity contribution in [3.05, 3.63) is 22.4 Å². The molecule has 0 bridgehead atoms. The number of esters is 1. The van der Waals surface area contributed by atoms with Gasteiger partial charge < -0.3 is 10.1 Å². The van der Waals surface area contributed by atoms with E-state index in [0.29, 0.717) is 12.3 Å². The summed E-state index contributed by atoms with van der Waals surface area (Å²) < 4.78 is 4.73. The maximum Gasteiger partial charge on any atom is 0.307 e. The van der Waals surface area contributed by atoms with Gasteiger partial charge in [0, 0.05) is 4.88 Å². The second-order valence-corrected chi connectivity index (χ2v) is 5.46. The lowest BCUT2D eigenvalue weighted by molar-refractivity contribution is -0.141. The van der Waals surface area contributed by atoms with Crippen LogP contribution in [0.5, 0.6) is 0 Å². The first-order valence-corrected chi connectivity index (χ1v) is 6.85. The predicted molar refractivity (Wildman–Crippen MR) is 71.2 cm³/mol. The molecule has 1 unspecified atom stereocenters. The Kier molecular flexibility index (Phi) is 6.22. The Morgan fingerprint density at radius 3 is 2.82 bits per heavy atom. The lowest BCUT2D eigenvalue weighted by Gasteiger charge is -2.17. The number of hydrogen-bond donors (Lipinski definition) is 1. The molecule has 0 saturated heterocycles. The largest absolute Gasteiger partial charge is 0.469 e. The molecule has 17 heavy (non-hydrogen) atoms. The van der Waals surface area contributed by atoms with Crippen molar-refractivity contribution < 1.29 is 9.53 Å². The van der Waals surface area contributed by atoms with E-state index in [9.17, 15) is 4.79 Å². The van der Waals surface area contributed by atoms with Gasteiger partial charge >= 0.3 is 5.97 Å². The van der Waals surface area contributed by atoms with Crippen molar-refractivity contribution in [3.63, 3.8) is 0 Å². The molecule has 0 saturated carbocycles. The second-order valence-electron chi connectivity index (χ2n) is 4.48. The van der Waals surface area contributed by atoms with Gasteiger partial charge in [-0.1, -0.05) is 19.9 Å². The van der Waals surface area contributed by atoms with Crippen molar-refractivity contribution in [2.24, 2.45) is 5.92 Å². The maximum atomic E-state index is 11.4. The Hall–Kier alpha value is -0.870. The minimum absolute atomic E-state index is 0.0844. The summed E-state index contributed by atoms with van der Waals surface area (Å²) >= 11 is 1.67. The van der Waals surface area contributed by atoms with E-state index in [-0.39, 0.29) is 12.0 Å². The summed E-state index contributed by atoms with van der Waals surface area (Å²) in [6.45, 7) is 5.32. The van der Waals surface area contributed by atoms with E-state index in [4.69, 9.17) is 4.74 Å². The van der Waals surface area contributed by atoms with Crippen LogP contribution < -0.4 is 5.32 Å². The van der Waals surface area contributed by atoms with Crippen LogP contribution in [0.3, 0.4) is 0 Å². The highest BCUT2D eigenvalue weighted by Crippen LogP contribution is 2.22. The minimum atomic E-state index is -0.166. The lowest BCUT2D eigenvalue weighted by Crippen LogP contribution is -2.25. The zero-order valence-corrected chi connectivity index (χ0v) is 11.5. The first-order valence-electron chi connectivity index (χ1n) is 5.97. The summed E-state index contributed by atoms with van der Waals surface area (Å²) in [5.41, 5.74) is 0. The molecule has 0 aliphatic carbocycles. The molecule has 4 heteroatoms. The fraction of sp³-hybridized carbons (Fsp3) is 0.615. The van der Waals surface area contributed by atoms with Crippen LogP contribution in [0.2, 0.25) is 0 Å². The summed E-state index contributed by atoms with van der Waals surface area (Å²) in [5, 5.41) is 5.46. The first kappa shape index (κ1) is 14.2. The molecule has 1 rings (SSSR count). The third kappa shape index (κ3) is 5.33. The van der Waals surface area contributed by atoms with Gasteiger partial charge in [-0.15, -0.1) is 11.3 Å². The van der Waals surface area contributed by atoms with Gasteiger partial charge in [-0.2, -0.15) is 0 Å². The highest BCUT2D eigenvalue weighted by molar-refractivity contribution is 7.10. The number of carbonyl (C=O) groups is 1. The fourth-order valence-corrected chi connectivity index (χ4v) is 2.36. The zero-order chi connectivity index (χ0) is 12.7. The van der Waals surface area contributed by atoms with Crippen molar-refractivity contribution in [1.29, 1.82) is 0 Å². The van der Waals surface area contributed by atoms with E-state index >= 15 is 0 Å². The molecule has 1 N–H and O–H groups in total. The molecule has 0 aromatic carbocycles. The van der Waals surface area contributed by atoms with Gasteiger partial charge in [-0.25, -0.2) is 0 Å².